The average molecular weight is 485 g/mol. The highest BCUT2D eigenvalue weighted by molar-refractivity contribution is 8.16. The van der Waals surface area contributed by atoms with E-state index < -0.39 is 12.0 Å². The van der Waals surface area contributed by atoms with Gasteiger partial charge in [-0.2, -0.15) is 0 Å². The summed E-state index contributed by atoms with van der Waals surface area (Å²) < 4.78 is 10.6. The Morgan fingerprint density at radius 2 is 1.91 bits per heavy atom. The Balaban J connectivity index is 1.67. The van der Waals surface area contributed by atoms with Gasteiger partial charge >= 0.3 is 5.97 Å². The third-order valence-electron chi connectivity index (χ3n) is 6.54. The van der Waals surface area contributed by atoms with Crippen LogP contribution in [0.2, 0.25) is 0 Å². The lowest BCUT2D eigenvalue weighted by Gasteiger charge is -2.38. The summed E-state index contributed by atoms with van der Waals surface area (Å²) in [4.78, 5) is 37.3. The largest absolute Gasteiger partial charge is 0.497 e. The fraction of sp³-hybridized carbons (Fsp3) is 0.480. The van der Waals surface area contributed by atoms with Crippen LogP contribution in [0.4, 0.5) is 0 Å². The van der Waals surface area contributed by atoms with Gasteiger partial charge in [-0.15, -0.1) is 0 Å². The minimum atomic E-state index is -0.448. The summed E-state index contributed by atoms with van der Waals surface area (Å²) in [6, 6.07) is 7.23. The molecule has 0 aliphatic carbocycles. The zero-order chi connectivity index (χ0) is 24.2. The summed E-state index contributed by atoms with van der Waals surface area (Å²) in [5.41, 5.74) is 2.93. The van der Waals surface area contributed by atoms with E-state index in [1.165, 1.54) is 18.9 Å². The number of ether oxygens (including phenoxy) is 2. The van der Waals surface area contributed by atoms with E-state index in [1.54, 1.807) is 7.11 Å². The van der Waals surface area contributed by atoms with Gasteiger partial charge < -0.3 is 24.2 Å². The number of fused-ring (bicyclic) bond motifs is 1. The van der Waals surface area contributed by atoms with Crippen LogP contribution in [0.25, 0.3) is 0 Å². The molecule has 3 aliphatic heterocycles. The quantitative estimate of drug-likeness (QED) is 0.549. The number of carbonyl (C=O) groups is 2. The van der Waals surface area contributed by atoms with Gasteiger partial charge in [0.25, 0.3) is 0 Å². The van der Waals surface area contributed by atoms with Crippen molar-refractivity contribution >= 4 is 28.8 Å². The molecule has 0 radical (unpaired) electrons. The van der Waals surface area contributed by atoms with Crippen molar-refractivity contribution in [1.82, 2.24) is 14.7 Å². The van der Waals surface area contributed by atoms with E-state index in [1.807, 2.05) is 46.4 Å². The lowest BCUT2D eigenvalue weighted by Crippen LogP contribution is -2.49. The second-order valence-corrected chi connectivity index (χ2v) is 9.20. The first-order valence-corrected chi connectivity index (χ1v) is 12.6. The normalized spacial score (nSPS) is 20.6. The Morgan fingerprint density at radius 1 is 1.15 bits per heavy atom. The summed E-state index contributed by atoms with van der Waals surface area (Å²) in [7, 11) is 3.01. The summed E-state index contributed by atoms with van der Waals surface area (Å²) in [6.45, 7) is 8.39. The summed E-state index contributed by atoms with van der Waals surface area (Å²) >= 11 is 1.49. The first-order valence-electron chi connectivity index (χ1n) is 11.7. The third-order valence-corrected chi connectivity index (χ3v) is 7.43. The molecule has 1 aromatic carbocycles. The highest BCUT2D eigenvalue weighted by atomic mass is 32.2. The number of amidine groups is 1. The lowest BCUT2D eigenvalue weighted by molar-refractivity contribution is -0.136. The number of rotatable bonds is 7. The molecule has 8 nitrogen and oxygen atoms in total. The standard InChI is InChI=1S/C25H32N4O4S/c1-5-20-22(24(31)33-4)23(17-8-7-9-19(14-17)32-3)29-18(16-34-25(29)26-20)15-21(30)28-12-10-27(6-2)11-13-28/h7-9,14,16,23H,5-6,10-13,15H2,1-4H3/t23-/m0/s1. The molecule has 0 aromatic heterocycles. The monoisotopic (exact) mass is 484 g/mol. The molecule has 3 heterocycles. The van der Waals surface area contributed by atoms with Gasteiger partial charge in [-0.1, -0.05) is 37.7 Å². The zero-order valence-electron chi connectivity index (χ0n) is 20.2. The van der Waals surface area contributed by atoms with Crippen LogP contribution >= 0.6 is 11.8 Å². The molecular formula is C25H32N4O4S. The fourth-order valence-electron chi connectivity index (χ4n) is 4.62. The molecule has 0 bridgehead atoms. The van der Waals surface area contributed by atoms with Crippen LogP contribution in [-0.2, 0) is 14.3 Å². The van der Waals surface area contributed by atoms with Gasteiger partial charge in [0, 0.05) is 31.9 Å². The Bertz CT molecular complexity index is 1040. The molecule has 34 heavy (non-hydrogen) atoms. The zero-order valence-corrected chi connectivity index (χ0v) is 21.1. The van der Waals surface area contributed by atoms with Crippen molar-refractivity contribution < 1.29 is 19.1 Å². The van der Waals surface area contributed by atoms with E-state index in [0.717, 1.165) is 49.2 Å². The van der Waals surface area contributed by atoms with E-state index in [4.69, 9.17) is 14.5 Å². The molecule has 0 saturated carbocycles. The number of nitrogens with zero attached hydrogens (tertiary/aromatic N) is 4. The molecule has 0 unspecified atom stereocenters. The van der Waals surface area contributed by atoms with Crippen molar-refractivity contribution in [2.45, 2.75) is 32.7 Å². The van der Waals surface area contributed by atoms with Crippen molar-refractivity contribution in [2.24, 2.45) is 4.99 Å². The number of carbonyl (C=O) groups excluding carboxylic acids is 2. The van der Waals surface area contributed by atoms with Crippen molar-refractivity contribution in [2.75, 3.05) is 46.9 Å². The SMILES string of the molecule is CCC1=C(C(=O)OC)[C@H](c2cccc(OC)c2)N2C(CC(=O)N3CCN(CC)CC3)=CSC2=N1. The highest BCUT2D eigenvalue weighted by Crippen LogP contribution is 2.46. The predicted molar refractivity (Wildman–Crippen MR) is 133 cm³/mol. The molecule has 1 fully saturated rings. The van der Waals surface area contributed by atoms with Gasteiger partial charge in [0.05, 0.1) is 38.0 Å². The molecule has 3 aliphatic rings. The van der Waals surface area contributed by atoms with Gasteiger partial charge in [-0.05, 0) is 36.1 Å². The third kappa shape index (κ3) is 4.72. The molecule has 1 aromatic rings. The lowest BCUT2D eigenvalue weighted by atomic mass is 9.92. The molecule has 0 spiro atoms. The molecule has 0 N–H and O–H groups in total. The second kappa shape index (κ2) is 10.7. The Labute approximate surface area is 205 Å². The average Bonchev–Trinajstić information content (AvgIpc) is 3.29. The molecule has 182 valence electrons. The van der Waals surface area contributed by atoms with E-state index in [0.29, 0.717) is 23.4 Å². The molecule has 1 atom stereocenters. The van der Waals surface area contributed by atoms with Crippen LogP contribution in [-0.4, -0.2) is 78.7 Å². The first kappa shape index (κ1) is 24.3. The minimum Gasteiger partial charge on any atom is -0.497 e. The topological polar surface area (TPSA) is 74.7 Å². The number of amides is 1. The van der Waals surface area contributed by atoms with Crippen LogP contribution in [0.5, 0.6) is 5.75 Å². The first-order chi connectivity index (χ1) is 16.5. The van der Waals surface area contributed by atoms with Gasteiger partial charge in [0.1, 0.15) is 5.75 Å². The minimum absolute atomic E-state index is 0.0955. The van der Waals surface area contributed by atoms with Crippen LogP contribution < -0.4 is 4.74 Å². The van der Waals surface area contributed by atoms with Crippen molar-refractivity contribution in [3.05, 3.63) is 52.2 Å². The van der Waals surface area contributed by atoms with Crippen LogP contribution in [0, 0.1) is 0 Å². The summed E-state index contributed by atoms with van der Waals surface area (Å²) in [5.74, 6) is 0.384. The maximum Gasteiger partial charge on any atom is 0.338 e. The summed E-state index contributed by atoms with van der Waals surface area (Å²) in [6.07, 6.45) is 0.854. The Hall–Kier alpha value is -2.78. The molecular weight excluding hydrogens is 452 g/mol. The van der Waals surface area contributed by atoms with Crippen molar-refractivity contribution in [3.8, 4) is 5.75 Å². The number of hydrogen-bond acceptors (Lipinski definition) is 8. The molecule has 1 saturated heterocycles. The van der Waals surface area contributed by atoms with Crippen LogP contribution in [0.15, 0.2) is 51.6 Å². The number of piperazine rings is 1. The maximum atomic E-state index is 13.2. The Kier molecular flexibility index (Phi) is 7.63. The second-order valence-electron chi connectivity index (χ2n) is 8.37. The number of hydrogen-bond donors (Lipinski definition) is 0. The molecule has 9 heteroatoms. The van der Waals surface area contributed by atoms with E-state index in [9.17, 15) is 9.59 Å². The van der Waals surface area contributed by atoms with Crippen molar-refractivity contribution in [1.29, 1.82) is 0 Å². The maximum absolute atomic E-state index is 13.2. The summed E-state index contributed by atoms with van der Waals surface area (Å²) in [5, 5.41) is 2.76. The van der Waals surface area contributed by atoms with Crippen LogP contribution in [0.1, 0.15) is 38.3 Å². The van der Waals surface area contributed by atoms with Crippen molar-refractivity contribution in [3.63, 3.8) is 0 Å². The van der Waals surface area contributed by atoms with Gasteiger partial charge in [-0.25, -0.2) is 9.79 Å². The van der Waals surface area contributed by atoms with Gasteiger partial charge in [0.2, 0.25) is 5.91 Å². The number of esters is 1. The number of aliphatic imine (C=N–C) groups is 1. The molecule has 4 rings (SSSR count). The number of allylic oxidation sites excluding steroid dienone is 1. The number of benzene rings is 1. The molecule has 1 amide bonds. The number of thioether (sulfide) groups is 1. The van der Waals surface area contributed by atoms with Crippen LogP contribution in [0.3, 0.4) is 0 Å². The number of likely N-dealkylation sites (N-methyl/N-ethyl adjacent to an activating group) is 1. The Morgan fingerprint density at radius 3 is 2.56 bits per heavy atom. The van der Waals surface area contributed by atoms with E-state index in [-0.39, 0.29) is 12.3 Å². The number of methoxy groups -OCH3 is 2. The van der Waals surface area contributed by atoms with Gasteiger partial charge in [0.15, 0.2) is 5.17 Å². The highest BCUT2D eigenvalue weighted by Gasteiger charge is 2.42. The smallest absolute Gasteiger partial charge is 0.338 e. The van der Waals surface area contributed by atoms with E-state index in [2.05, 4.69) is 11.8 Å². The fourth-order valence-corrected chi connectivity index (χ4v) is 5.56. The van der Waals surface area contributed by atoms with E-state index >= 15 is 0 Å². The van der Waals surface area contributed by atoms with Gasteiger partial charge in [-0.3, -0.25) is 4.79 Å². The predicted octanol–water partition coefficient (Wildman–Crippen LogP) is 3.39.